The summed E-state index contributed by atoms with van der Waals surface area (Å²) in [5, 5.41) is 13.9. The van der Waals surface area contributed by atoms with Gasteiger partial charge in [-0.2, -0.15) is 0 Å². The van der Waals surface area contributed by atoms with E-state index in [4.69, 9.17) is 0 Å². The lowest BCUT2D eigenvalue weighted by Crippen LogP contribution is -2.34. The Labute approximate surface area is 122 Å². The van der Waals surface area contributed by atoms with Crippen LogP contribution in [-0.2, 0) is 12.8 Å². The monoisotopic (exact) mass is 273 g/mol. The summed E-state index contributed by atoms with van der Waals surface area (Å²) in [6.45, 7) is 0.698. The molecule has 1 aromatic rings. The number of benzene rings is 1. The van der Waals surface area contributed by atoms with E-state index >= 15 is 0 Å². The molecule has 0 bridgehead atoms. The molecule has 1 unspecified atom stereocenters. The van der Waals surface area contributed by atoms with E-state index in [0.717, 1.165) is 5.56 Å². The number of aliphatic hydroxyl groups is 1. The van der Waals surface area contributed by atoms with Gasteiger partial charge in [-0.05, 0) is 55.2 Å². The summed E-state index contributed by atoms with van der Waals surface area (Å²) in [7, 11) is 0. The van der Waals surface area contributed by atoms with Gasteiger partial charge in [0.1, 0.15) is 0 Å². The maximum atomic E-state index is 10.4. The highest BCUT2D eigenvalue weighted by molar-refractivity contribution is 5.34. The third-order valence-electron chi connectivity index (χ3n) is 4.96. The maximum absolute atomic E-state index is 10.4. The number of nitrogens with one attached hydrogen (secondary N) is 1. The Bertz CT molecular complexity index is 437. The Hall–Kier alpha value is -0.860. The lowest BCUT2D eigenvalue weighted by atomic mass is 9.89. The molecule has 2 aliphatic carbocycles. The summed E-state index contributed by atoms with van der Waals surface area (Å²) in [4.78, 5) is 0. The van der Waals surface area contributed by atoms with Crippen LogP contribution in [0.4, 0.5) is 0 Å². The third kappa shape index (κ3) is 3.42. The van der Waals surface area contributed by atoms with Crippen LogP contribution < -0.4 is 5.32 Å². The SMILES string of the molecule is OC(CNC1CCCCC1)c1ccc2c(c1)CCCC2. The smallest absolute Gasteiger partial charge is 0.0914 e. The minimum absolute atomic E-state index is 0.357. The number of rotatable bonds is 4. The van der Waals surface area contributed by atoms with Gasteiger partial charge in [0, 0.05) is 12.6 Å². The summed E-state index contributed by atoms with van der Waals surface area (Å²) in [6.07, 6.45) is 11.3. The molecule has 2 aliphatic rings. The molecule has 1 atom stereocenters. The highest BCUT2D eigenvalue weighted by Gasteiger charge is 2.16. The van der Waals surface area contributed by atoms with Gasteiger partial charge in [0.05, 0.1) is 6.10 Å². The number of aliphatic hydroxyl groups excluding tert-OH is 1. The van der Waals surface area contributed by atoms with Crippen LogP contribution in [-0.4, -0.2) is 17.7 Å². The highest BCUT2D eigenvalue weighted by Crippen LogP contribution is 2.25. The molecule has 2 N–H and O–H groups in total. The molecule has 0 radical (unpaired) electrons. The number of fused-ring (bicyclic) bond motifs is 1. The first-order chi connectivity index (χ1) is 9.83. The zero-order valence-electron chi connectivity index (χ0n) is 12.4. The molecule has 0 spiro atoms. The number of hydrogen-bond acceptors (Lipinski definition) is 2. The lowest BCUT2D eigenvalue weighted by molar-refractivity contribution is 0.165. The molecule has 110 valence electrons. The maximum Gasteiger partial charge on any atom is 0.0914 e. The second kappa shape index (κ2) is 6.73. The van der Waals surface area contributed by atoms with Gasteiger partial charge in [-0.25, -0.2) is 0 Å². The Morgan fingerprint density at radius 2 is 1.75 bits per heavy atom. The summed E-state index contributed by atoms with van der Waals surface area (Å²) in [6, 6.07) is 7.21. The Kier molecular flexibility index (Phi) is 4.74. The van der Waals surface area contributed by atoms with Gasteiger partial charge in [0.25, 0.3) is 0 Å². The molecule has 0 aliphatic heterocycles. The normalized spacial score (nSPS) is 21.4. The number of aryl methyl sites for hydroxylation is 2. The van der Waals surface area contributed by atoms with E-state index in [1.54, 1.807) is 0 Å². The van der Waals surface area contributed by atoms with Gasteiger partial charge in [-0.15, -0.1) is 0 Å². The molecular formula is C18H27NO. The Balaban J connectivity index is 1.57. The van der Waals surface area contributed by atoms with Crippen molar-refractivity contribution in [1.82, 2.24) is 5.32 Å². The summed E-state index contributed by atoms with van der Waals surface area (Å²) in [5.41, 5.74) is 4.05. The van der Waals surface area contributed by atoms with Crippen molar-refractivity contribution in [2.75, 3.05) is 6.54 Å². The van der Waals surface area contributed by atoms with Crippen molar-refractivity contribution in [3.05, 3.63) is 34.9 Å². The first kappa shape index (κ1) is 14.1. The predicted molar refractivity (Wildman–Crippen MR) is 82.9 cm³/mol. The van der Waals surface area contributed by atoms with E-state index in [0.29, 0.717) is 12.6 Å². The second-order valence-electron chi connectivity index (χ2n) is 6.49. The van der Waals surface area contributed by atoms with Crippen molar-refractivity contribution in [2.24, 2.45) is 0 Å². The fourth-order valence-electron chi connectivity index (χ4n) is 3.66. The molecule has 0 heterocycles. The first-order valence-electron chi connectivity index (χ1n) is 8.36. The van der Waals surface area contributed by atoms with E-state index < -0.39 is 0 Å². The largest absolute Gasteiger partial charge is 0.387 e. The molecule has 0 aromatic heterocycles. The van der Waals surface area contributed by atoms with Crippen LogP contribution in [0.2, 0.25) is 0 Å². The van der Waals surface area contributed by atoms with Crippen molar-refractivity contribution >= 4 is 0 Å². The average molecular weight is 273 g/mol. The summed E-state index contributed by atoms with van der Waals surface area (Å²) in [5.74, 6) is 0. The van der Waals surface area contributed by atoms with Crippen molar-refractivity contribution in [2.45, 2.75) is 69.9 Å². The topological polar surface area (TPSA) is 32.3 Å². The van der Waals surface area contributed by atoms with Crippen LogP contribution in [0.5, 0.6) is 0 Å². The van der Waals surface area contributed by atoms with Crippen molar-refractivity contribution in [3.8, 4) is 0 Å². The van der Waals surface area contributed by atoms with Gasteiger partial charge in [0.2, 0.25) is 0 Å². The van der Waals surface area contributed by atoms with Gasteiger partial charge < -0.3 is 10.4 Å². The molecule has 1 saturated carbocycles. The zero-order chi connectivity index (χ0) is 13.8. The summed E-state index contributed by atoms with van der Waals surface area (Å²) >= 11 is 0. The quantitative estimate of drug-likeness (QED) is 0.879. The van der Waals surface area contributed by atoms with Crippen LogP contribution in [0.15, 0.2) is 18.2 Å². The van der Waals surface area contributed by atoms with E-state index in [1.165, 1.54) is 68.9 Å². The molecule has 20 heavy (non-hydrogen) atoms. The Morgan fingerprint density at radius 3 is 2.55 bits per heavy atom. The lowest BCUT2D eigenvalue weighted by Gasteiger charge is -2.25. The fourth-order valence-corrected chi connectivity index (χ4v) is 3.66. The second-order valence-corrected chi connectivity index (χ2v) is 6.49. The van der Waals surface area contributed by atoms with Gasteiger partial charge in [-0.1, -0.05) is 37.5 Å². The van der Waals surface area contributed by atoms with E-state index in [-0.39, 0.29) is 6.10 Å². The van der Waals surface area contributed by atoms with Crippen LogP contribution in [0.1, 0.15) is 67.7 Å². The van der Waals surface area contributed by atoms with Crippen LogP contribution in [0.3, 0.4) is 0 Å². The third-order valence-corrected chi connectivity index (χ3v) is 4.96. The molecule has 2 heteroatoms. The van der Waals surface area contributed by atoms with Crippen molar-refractivity contribution in [1.29, 1.82) is 0 Å². The van der Waals surface area contributed by atoms with Crippen LogP contribution in [0.25, 0.3) is 0 Å². The van der Waals surface area contributed by atoms with E-state index in [2.05, 4.69) is 23.5 Å². The Morgan fingerprint density at radius 1 is 1.00 bits per heavy atom. The minimum Gasteiger partial charge on any atom is -0.387 e. The molecule has 0 amide bonds. The molecule has 0 saturated heterocycles. The van der Waals surface area contributed by atoms with Crippen LogP contribution >= 0.6 is 0 Å². The average Bonchev–Trinajstić information content (AvgIpc) is 2.53. The number of hydrogen-bond donors (Lipinski definition) is 2. The molecule has 1 aromatic carbocycles. The summed E-state index contributed by atoms with van der Waals surface area (Å²) < 4.78 is 0. The minimum atomic E-state index is -0.357. The van der Waals surface area contributed by atoms with Crippen molar-refractivity contribution in [3.63, 3.8) is 0 Å². The fraction of sp³-hybridized carbons (Fsp3) is 0.667. The molecular weight excluding hydrogens is 246 g/mol. The standard InChI is InChI=1S/C18H27NO/c20-18(13-19-17-8-2-1-3-9-17)16-11-10-14-6-4-5-7-15(14)12-16/h10-12,17-20H,1-9,13H2. The highest BCUT2D eigenvalue weighted by atomic mass is 16.3. The molecule has 2 nitrogen and oxygen atoms in total. The van der Waals surface area contributed by atoms with Gasteiger partial charge in [-0.3, -0.25) is 0 Å². The van der Waals surface area contributed by atoms with E-state index in [9.17, 15) is 5.11 Å². The molecule has 1 fully saturated rings. The van der Waals surface area contributed by atoms with Crippen molar-refractivity contribution < 1.29 is 5.11 Å². The van der Waals surface area contributed by atoms with Gasteiger partial charge >= 0.3 is 0 Å². The van der Waals surface area contributed by atoms with E-state index in [1.807, 2.05) is 0 Å². The van der Waals surface area contributed by atoms with Crippen LogP contribution in [0, 0.1) is 0 Å². The molecule has 3 rings (SSSR count). The predicted octanol–water partition coefficient (Wildman–Crippen LogP) is 3.52. The zero-order valence-corrected chi connectivity index (χ0v) is 12.4. The first-order valence-corrected chi connectivity index (χ1v) is 8.36. The van der Waals surface area contributed by atoms with Gasteiger partial charge in [0.15, 0.2) is 0 Å².